The third-order valence-corrected chi connectivity index (χ3v) is 3.03. The summed E-state index contributed by atoms with van der Waals surface area (Å²) in [7, 11) is 1.30. The molecule has 0 bridgehead atoms. The molecule has 0 spiro atoms. The van der Waals surface area contributed by atoms with Gasteiger partial charge in [0.15, 0.2) is 0 Å². The number of hydrogen-bond donors (Lipinski definition) is 0. The van der Waals surface area contributed by atoms with Crippen LogP contribution in [0, 0.1) is 10.1 Å². The third kappa shape index (κ3) is 3.22. The molecule has 0 fully saturated rings. The average Bonchev–Trinajstić information content (AvgIpc) is 2.49. The molecule has 0 aliphatic heterocycles. The molecule has 0 aliphatic carbocycles. The summed E-state index contributed by atoms with van der Waals surface area (Å²) in [5.74, 6) is -0.354. The van der Waals surface area contributed by atoms with E-state index in [1.807, 2.05) is 0 Å². The quantitative estimate of drug-likeness (QED) is 0.466. The van der Waals surface area contributed by atoms with E-state index in [9.17, 15) is 19.7 Å². The Morgan fingerprint density at radius 1 is 1.48 bits per heavy atom. The van der Waals surface area contributed by atoms with Crippen LogP contribution >= 0.6 is 0 Å². The summed E-state index contributed by atoms with van der Waals surface area (Å²) >= 11 is 0. The van der Waals surface area contributed by atoms with Gasteiger partial charge < -0.3 is 4.74 Å². The minimum absolute atomic E-state index is 0.159. The molecule has 8 heteroatoms. The largest absolute Gasteiger partial charge is 0.469 e. The molecule has 0 atom stereocenters. The summed E-state index contributed by atoms with van der Waals surface area (Å²) in [4.78, 5) is 37.5. The van der Waals surface area contributed by atoms with E-state index in [0.717, 1.165) is 0 Å². The molecule has 21 heavy (non-hydrogen) atoms. The van der Waals surface area contributed by atoms with Crippen molar-refractivity contribution in [2.75, 3.05) is 7.11 Å². The molecule has 0 saturated heterocycles. The highest BCUT2D eigenvalue weighted by molar-refractivity contribution is 5.79. The molecule has 0 radical (unpaired) electrons. The fourth-order valence-electron chi connectivity index (χ4n) is 1.92. The highest BCUT2D eigenvalue weighted by Gasteiger charge is 2.11. The summed E-state index contributed by atoms with van der Waals surface area (Å²) in [5, 5.41) is 10.9. The Hall–Kier alpha value is -2.77. The van der Waals surface area contributed by atoms with Crippen LogP contribution in [0.15, 0.2) is 29.3 Å². The zero-order chi connectivity index (χ0) is 15.4. The van der Waals surface area contributed by atoms with Crippen molar-refractivity contribution >= 4 is 22.6 Å². The number of carbonyl (C=O) groups excluding carboxylic acids is 1. The number of ether oxygens (including phenoxy) is 1. The molecule has 0 amide bonds. The van der Waals surface area contributed by atoms with E-state index in [4.69, 9.17) is 0 Å². The number of benzene rings is 1. The minimum Gasteiger partial charge on any atom is -0.469 e. The zero-order valence-electron chi connectivity index (χ0n) is 11.3. The lowest BCUT2D eigenvalue weighted by Crippen LogP contribution is -2.21. The van der Waals surface area contributed by atoms with Crippen molar-refractivity contribution in [3.05, 3.63) is 45.0 Å². The first-order chi connectivity index (χ1) is 10.0. The van der Waals surface area contributed by atoms with Crippen molar-refractivity contribution in [1.29, 1.82) is 0 Å². The molecule has 0 N–H and O–H groups in total. The highest BCUT2D eigenvalue weighted by Crippen LogP contribution is 2.16. The van der Waals surface area contributed by atoms with Crippen LogP contribution in [0.25, 0.3) is 10.9 Å². The molecule has 8 nitrogen and oxygen atoms in total. The van der Waals surface area contributed by atoms with E-state index in [1.54, 1.807) is 0 Å². The Balaban J connectivity index is 2.29. The molecule has 0 unspecified atom stereocenters. The van der Waals surface area contributed by atoms with E-state index in [2.05, 4.69) is 9.72 Å². The van der Waals surface area contributed by atoms with Gasteiger partial charge in [-0.25, -0.2) is 4.98 Å². The van der Waals surface area contributed by atoms with Gasteiger partial charge in [-0.15, -0.1) is 0 Å². The Kier molecular flexibility index (Phi) is 4.27. The van der Waals surface area contributed by atoms with E-state index in [1.165, 1.54) is 36.2 Å². The molecule has 2 rings (SSSR count). The van der Waals surface area contributed by atoms with Crippen molar-refractivity contribution in [3.63, 3.8) is 0 Å². The predicted octanol–water partition coefficient (Wildman–Crippen LogP) is 1.26. The van der Waals surface area contributed by atoms with Gasteiger partial charge in [0.05, 0.1) is 29.3 Å². The number of nitro groups is 1. The predicted molar refractivity (Wildman–Crippen MR) is 73.9 cm³/mol. The number of aryl methyl sites for hydroxylation is 1. The summed E-state index contributed by atoms with van der Waals surface area (Å²) in [6.07, 6.45) is 1.98. The third-order valence-electron chi connectivity index (χ3n) is 3.03. The van der Waals surface area contributed by atoms with E-state index < -0.39 is 4.92 Å². The molecular weight excluding hydrogens is 278 g/mol. The number of non-ortho nitro benzene ring substituents is 1. The lowest BCUT2D eigenvalue weighted by molar-refractivity contribution is -0.384. The Labute approximate surface area is 119 Å². The second kappa shape index (κ2) is 6.12. The van der Waals surface area contributed by atoms with E-state index >= 15 is 0 Å². The maximum atomic E-state index is 12.2. The van der Waals surface area contributed by atoms with Crippen LogP contribution in [0.1, 0.15) is 12.8 Å². The molecular formula is C13H13N3O5. The van der Waals surface area contributed by atoms with Crippen molar-refractivity contribution in [2.45, 2.75) is 19.4 Å². The Morgan fingerprint density at radius 3 is 2.90 bits per heavy atom. The first-order valence-corrected chi connectivity index (χ1v) is 6.23. The number of methoxy groups -OCH3 is 1. The smallest absolute Gasteiger partial charge is 0.305 e. The molecule has 2 aromatic rings. The van der Waals surface area contributed by atoms with Crippen LogP contribution in [-0.2, 0) is 16.1 Å². The number of nitro benzene ring substituents is 1. The highest BCUT2D eigenvalue weighted by atomic mass is 16.6. The number of hydrogen-bond acceptors (Lipinski definition) is 6. The zero-order valence-corrected chi connectivity index (χ0v) is 11.3. The lowest BCUT2D eigenvalue weighted by atomic mass is 10.2. The lowest BCUT2D eigenvalue weighted by Gasteiger charge is -2.06. The maximum absolute atomic E-state index is 12.2. The monoisotopic (exact) mass is 291 g/mol. The number of rotatable bonds is 5. The van der Waals surface area contributed by atoms with Gasteiger partial charge in [-0.05, 0) is 12.5 Å². The van der Waals surface area contributed by atoms with Gasteiger partial charge in [-0.1, -0.05) is 0 Å². The molecule has 1 aromatic carbocycles. The van der Waals surface area contributed by atoms with Crippen LogP contribution in [0.3, 0.4) is 0 Å². The summed E-state index contributed by atoms with van der Waals surface area (Å²) in [6.45, 7) is 0.291. The van der Waals surface area contributed by atoms with Crippen molar-refractivity contribution in [3.8, 4) is 0 Å². The molecule has 110 valence electrons. The number of carbonyl (C=O) groups is 1. The van der Waals surface area contributed by atoms with E-state index in [0.29, 0.717) is 18.5 Å². The van der Waals surface area contributed by atoms with Gasteiger partial charge in [0.25, 0.3) is 11.2 Å². The average molecular weight is 291 g/mol. The van der Waals surface area contributed by atoms with Crippen LogP contribution in [0.2, 0.25) is 0 Å². The number of fused-ring (bicyclic) bond motifs is 1. The van der Waals surface area contributed by atoms with Gasteiger partial charge >= 0.3 is 5.97 Å². The van der Waals surface area contributed by atoms with Crippen LogP contribution in [-0.4, -0.2) is 27.6 Å². The van der Waals surface area contributed by atoms with Crippen LogP contribution in [0.4, 0.5) is 5.69 Å². The maximum Gasteiger partial charge on any atom is 0.305 e. The summed E-state index contributed by atoms with van der Waals surface area (Å²) in [5.41, 5.74) is -0.128. The standard InChI is InChI=1S/C13H13N3O5/c1-21-12(17)3-2-6-15-8-14-11-5-4-9(16(19)20)7-10(11)13(15)18/h4-5,7-8H,2-3,6H2,1H3. The SMILES string of the molecule is COC(=O)CCCn1cnc2ccc([N+](=O)[O-])cc2c1=O. The first-order valence-electron chi connectivity index (χ1n) is 6.23. The van der Waals surface area contributed by atoms with Gasteiger partial charge in [-0.2, -0.15) is 0 Å². The first kappa shape index (κ1) is 14.6. The van der Waals surface area contributed by atoms with Gasteiger partial charge in [0.1, 0.15) is 0 Å². The van der Waals surface area contributed by atoms with Crippen molar-refractivity contribution < 1.29 is 14.5 Å². The molecule has 0 saturated carbocycles. The second-order valence-corrected chi connectivity index (χ2v) is 4.38. The summed E-state index contributed by atoms with van der Waals surface area (Å²) < 4.78 is 5.84. The van der Waals surface area contributed by atoms with Gasteiger partial charge in [0.2, 0.25) is 0 Å². The Morgan fingerprint density at radius 2 is 2.24 bits per heavy atom. The van der Waals surface area contributed by atoms with Gasteiger partial charge in [0, 0.05) is 25.1 Å². The number of nitrogens with zero attached hydrogens (tertiary/aromatic N) is 3. The molecule has 0 aliphatic rings. The Bertz CT molecular complexity index is 753. The number of aromatic nitrogens is 2. The fraction of sp³-hybridized carbons (Fsp3) is 0.308. The second-order valence-electron chi connectivity index (χ2n) is 4.38. The van der Waals surface area contributed by atoms with Gasteiger partial charge in [-0.3, -0.25) is 24.3 Å². The molecule has 1 aromatic heterocycles. The van der Waals surface area contributed by atoms with Crippen LogP contribution in [0.5, 0.6) is 0 Å². The number of esters is 1. The van der Waals surface area contributed by atoms with Crippen LogP contribution < -0.4 is 5.56 Å². The fourth-order valence-corrected chi connectivity index (χ4v) is 1.92. The normalized spacial score (nSPS) is 10.5. The molecule has 1 heterocycles. The van der Waals surface area contributed by atoms with Crippen molar-refractivity contribution in [1.82, 2.24) is 9.55 Å². The summed E-state index contributed by atoms with van der Waals surface area (Å²) in [6, 6.07) is 3.95. The topological polar surface area (TPSA) is 104 Å². The minimum atomic E-state index is -0.562. The van der Waals surface area contributed by atoms with E-state index in [-0.39, 0.29) is 29.0 Å². The van der Waals surface area contributed by atoms with Crippen molar-refractivity contribution in [2.24, 2.45) is 0 Å².